The van der Waals surface area contributed by atoms with E-state index in [9.17, 15) is 18.0 Å². The van der Waals surface area contributed by atoms with Gasteiger partial charge in [-0.3, -0.25) is 14.4 Å². The van der Waals surface area contributed by atoms with Gasteiger partial charge in [-0.25, -0.2) is 9.97 Å². The summed E-state index contributed by atoms with van der Waals surface area (Å²) in [5.41, 5.74) is 2.80. The Kier molecular flexibility index (Phi) is 7.26. The van der Waals surface area contributed by atoms with E-state index in [-0.39, 0.29) is 24.2 Å². The molecule has 1 aromatic carbocycles. The number of carbonyl (C=O) groups excluding carboxylic acids is 1. The van der Waals surface area contributed by atoms with Crippen LogP contribution in [0.25, 0.3) is 22.6 Å². The molecule has 1 unspecified atom stereocenters. The van der Waals surface area contributed by atoms with Gasteiger partial charge in [-0.1, -0.05) is 23.8 Å². The van der Waals surface area contributed by atoms with E-state index in [1.807, 2.05) is 30.0 Å². The van der Waals surface area contributed by atoms with Crippen LogP contribution < -0.4 is 4.90 Å². The zero-order valence-corrected chi connectivity index (χ0v) is 23.0. The van der Waals surface area contributed by atoms with E-state index >= 15 is 0 Å². The quantitative estimate of drug-likeness (QED) is 0.363. The van der Waals surface area contributed by atoms with E-state index < -0.39 is 11.2 Å². The molecule has 0 radical (unpaired) electrons. The van der Waals surface area contributed by atoms with Crippen molar-refractivity contribution in [3.05, 3.63) is 47.2 Å². The minimum absolute atomic E-state index is 0.0750. The number of rotatable bonds is 6. The molecule has 40 heavy (non-hydrogen) atoms. The SMILES string of the molecule is CC1CN(c2sc(C(F)(F)F)nc2-c2nc3ccc(CN4CCCCC4)cc3[nH]2)CCN1C(=O)Cn1cccn1. The highest BCUT2D eigenvalue weighted by atomic mass is 32.1. The monoisotopic (exact) mass is 572 g/mol. The number of nitrogens with one attached hydrogen (secondary N) is 1. The first-order chi connectivity index (χ1) is 19.2. The van der Waals surface area contributed by atoms with Crippen molar-refractivity contribution in [2.24, 2.45) is 0 Å². The third-order valence-corrected chi connectivity index (χ3v) is 8.73. The van der Waals surface area contributed by atoms with E-state index in [0.717, 1.165) is 30.7 Å². The van der Waals surface area contributed by atoms with Crippen LogP contribution in [0, 0.1) is 0 Å². The maximum absolute atomic E-state index is 13.8. The molecule has 1 atom stereocenters. The van der Waals surface area contributed by atoms with Crippen LogP contribution in [-0.2, 0) is 24.1 Å². The van der Waals surface area contributed by atoms with Gasteiger partial charge in [0.2, 0.25) is 10.9 Å². The van der Waals surface area contributed by atoms with E-state index in [1.54, 1.807) is 28.0 Å². The van der Waals surface area contributed by atoms with Crippen LogP contribution in [0.4, 0.5) is 18.2 Å². The predicted molar refractivity (Wildman–Crippen MR) is 147 cm³/mol. The highest BCUT2D eigenvalue weighted by Crippen LogP contribution is 2.42. The average molecular weight is 573 g/mol. The molecular formula is C27H31F3N8OS. The van der Waals surface area contributed by atoms with E-state index in [2.05, 4.69) is 25.0 Å². The molecule has 9 nitrogen and oxygen atoms in total. The Balaban J connectivity index is 1.25. The number of carbonyl (C=O) groups is 1. The van der Waals surface area contributed by atoms with Gasteiger partial charge in [-0.2, -0.15) is 18.3 Å². The van der Waals surface area contributed by atoms with Crippen molar-refractivity contribution in [3.8, 4) is 11.5 Å². The fourth-order valence-electron chi connectivity index (χ4n) is 5.58. The molecule has 1 N–H and O–H groups in total. The van der Waals surface area contributed by atoms with Crippen LogP contribution in [-0.4, -0.2) is 79.2 Å². The maximum atomic E-state index is 13.8. The predicted octanol–water partition coefficient (Wildman–Crippen LogP) is 4.62. The third-order valence-electron chi connectivity index (χ3n) is 7.57. The average Bonchev–Trinajstić information content (AvgIpc) is 3.68. The summed E-state index contributed by atoms with van der Waals surface area (Å²) in [6.07, 6.45) is 2.45. The topological polar surface area (TPSA) is 86.2 Å². The summed E-state index contributed by atoms with van der Waals surface area (Å²) in [5, 5.41) is 3.59. The highest BCUT2D eigenvalue weighted by molar-refractivity contribution is 7.16. The van der Waals surface area contributed by atoms with Crippen molar-refractivity contribution in [3.63, 3.8) is 0 Å². The van der Waals surface area contributed by atoms with Gasteiger partial charge in [0.25, 0.3) is 0 Å². The summed E-state index contributed by atoms with van der Waals surface area (Å²) >= 11 is 0.625. The van der Waals surface area contributed by atoms with Gasteiger partial charge in [-0.05, 0) is 56.6 Å². The van der Waals surface area contributed by atoms with Crippen molar-refractivity contribution >= 4 is 33.3 Å². The third kappa shape index (κ3) is 5.57. The number of fused-ring (bicyclic) bond motifs is 1. The van der Waals surface area contributed by atoms with Crippen molar-refractivity contribution in [2.45, 2.75) is 51.5 Å². The number of anilines is 1. The summed E-state index contributed by atoms with van der Waals surface area (Å²) in [5.74, 6) is 0.241. The highest BCUT2D eigenvalue weighted by Gasteiger charge is 2.39. The first-order valence-electron chi connectivity index (χ1n) is 13.6. The Morgan fingerprint density at radius 1 is 1.12 bits per heavy atom. The number of aromatic amines is 1. The molecule has 2 aliphatic heterocycles. The smallest absolute Gasteiger partial charge is 0.358 e. The summed E-state index contributed by atoms with van der Waals surface area (Å²) in [6, 6.07) is 7.53. The van der Waals surface area contributed by atoms with Crippen LogP contribution >= 0.6 is 11.3 Å². The number of H-pyrrole nitrogens is 1. The second-order valence-electron chi connectivity index (χ2n) is 10.5. The second-order valence-corrected chi connectivity index (χ2v) is 11.5. The Bertz CT molecular complexity index is 1470. The van der Waals surface area contributed by atoms with Crippen LogP contribution in [0.5, 0.6) is 0 Å². The molecule has 3 aromatic heterocycles. The van der Waals surface area contributed by atoms with E-state index in [0.29, 0.717) is 47.3 Å². The Morgan fingerprint density at radius 2 is 1.95 bits per heavy atom. The molecular weight excluding hydrogens is 541 g/mol. The molecule has 1 amide bonds. The van der Waals surface area contributed by atoms with Crippen LogP contribution in [0.3, 0.4) is 0 Å². The molecule has 2 aliphatic rings. The van der Waals surface area contributed by atoms with E-state index in [1.165, 1.54) is 19.3 Å². The van der Waals surface area contributed by atoms with Gasteiger partial charge < -0.3 is 14.8 Å². The molecule has 5 heterocycles. The number of thiazole rings is 1. The molecule has 4 aromatic rings. The fourth-order valence-corrected chi connectivity index (χ4v) is 6.55. The van der Waals surface area contributed by atoms with Crippen molar-refractivity contribution < 1.29 is 18.0 Å². The summed E-state index contributed by atoms with van der Waals surface area (Å²) in [6.45, 7) is 6.19. The molecule has 2 fully saturated rings. The zero-order chi connectivity index (χ0) is 27.9. The number of piperidine rings is 1. The number of alkyl halides is 3. The number of aromatic nitrogens is 5. The number of nitrogens with zero attached hydrogens (tertiary/aromatic N) is 7. The van der Waals surface area contributed by atoms with Crippen molar-refractivity contribution in [1.29, 1.82) is 0 Å². The fraction of sp³-hybridized carbons (Fsp3) is 0.481. The van der Waals surface area contributed by atoms with Gasteiger partial charge in [0.05, 0.1) is 11.0 Å². The van der Waals surface area contributed by atoms with Crippen LogP contribution in [0.15, 0.2) is 36.7 Å². The molecule has 0 spiro atoms. The minimum atomic E-state index is -4.57. The van der Waals surface area contributed by atoms with Crippen molar-refractivity contribution in [1.82, 2.24) is 34.5 Å². The lowest BCUT2D eigenvalue weighted by molar-refractivity contribution is -0.137. The Labute approximate surface area is 233 Å². The van der Waals surface area contributed by atoms with Gasteiger partial charge in [-0.15, -0.1) is 0 Å². The normalized spacial score (nSPS) is 19.1. The van der Waals surface area contributed by atoms with Gasteiger partial charge >= 0.3 is 6.18 Å². The molecule has 6 rings (SSSR count). The number of benzene rings is 1. The summed E-state index contributed by atoms with van der Waals surface area (Å²) < 4.78 is 43.0. The summed E-state index contributed by atoms with van der Waals surface area (Å²) in [7, 11) is 0. The van der Waals surface area contributed by atoms with Crippen LogP contribution in [0.1, 0.15) is 36.8 Å². The zero-order valence-electron chi connectivity index (χ0n) is 22.2. The standard InChI is InChI=1S/C27H31F3N8OS/c1-18-15-36(12-13-38(18)22(39)17-37-11-5-8-31-37)25-23(34-26(40-25)27(28,29)30)24-32-20-7-6-19(14-21(20)33-24)16-35-9-3-2-4-10-35/h5-8,11,14,18H,2-4,9-10,12-13,15-17H2,1H3,(H,32,33). The number of imidazole rings is 1. The molecule has 2 saturated heterocycles. The van der Waals surface area contributed by atoms with Gasteiger partial charge in [0.1, 0.15) is 17.2 Å². The van der Waals surface area contributed by atoms with Crippen molar-refractivity contribution in [2.75, 3.05) is 37.6 Å². The first kappa shape index (κ1) is 26.8. The number of amides is 1. The Hall–Kier alpha value is -3.45. The van der Waals surface area contributed by atoms with Crippen LogP contribution in [0.2, 0.25) is 0 Å². The molecule has 212 valence electrons. The second kappa shape index (κ2) is 10.8. The largest absolute Gasteiger partial charge is 0.443 e. The van der Waals surface area contributed by atoms with Gasteiger partial charge in [0.15, 0.2) is 5.82 Å². The lowest BCUT2D eigenvalue weighted by atomic mass is 10.1. The summed E-state index contributed by atoms with van der Waals surface area (Å²) in [4.78, 5) is 30.8. The maximum Gasteiger partial charge on any atom is 0.443 e. The molecule has 0 saturated carbocycles. The lowest BCUT2D eigenvalue weighted by Gasteiger charge is -2.40. The molecule has 0 aliphatic carbocycles. The number of hydrogen-bond acceptors (Lipinski definition) is 7. The number of hydrogen-bond donors (Lipinski definition) is 1. The lowest BCUT2D eigenvalue weighted by Crippen LogP contribution is -2.54. The minimum Gasteiger partial charge on any atom is -0.358 e. The number of halogens is 3. The number of piperazine rings is 1. The number of likely N-dealkylation sites (tertiary alicyclic amines) is 1. The Morgan fingerprint density at radius 3 is 2.67 bits per heavy atom. The van der Waals surface area contributed by atoms with E-state index in [4.69, 9.17) is 0 Å². The first-order valence-corrected chi connectivity index (χ1v) is 14.4. The molecule has 13 heteroatoms. The van der Waals surface area contributed by atoms with Gasteiger partial charge in [0, 0.05) is 44.6 Å². The molecule has 0 bridgehead atoms.